The van der Waals surface area contributed by atoms with Gasteiger partial charge in [-0.3, -0.25) is 5.41 Å². The number of carbonyl (C=O) groups is 1. The van der Waals surface area contributed by atoms with E-state index in [4.69, 9.17) is 30.5 Å². The molecule has 164 valence electrons. The summed E-state index contributed by atoms with van der Waals surface area (Å²) in [6.07, 6.45) is -0.0633. The van der Waals surface area contributed by atoms with Crippen molar-refractivity contribution in [3.05, 3.63) is 53.6 Å². The van der Waals surface area contributed by atoms with Crippen LogP contribution in [0.2, 0.25) is 0 Å². The molecule has 0 bridgehead atoms. The zero-order valence-corrected chi connectivity index (χ0v) is 18.0. The van der Waals surface area contributed by atoms with Crippen molar-refractivity contribution in [2.24, 2.45) is 5.73 Å². The van der Waals surface area contributed by atoms with E-state index in [-0.39, 0.29) is 37.6 Å². The Bertz CT molecular complexity index is 843. The number of hydrogen-bond donors (Lipinski definition) is 4. The zero-order valence-electron chi connectivity index (χ0n) is 17.2. The van der Waals surface area contributed by atoms with Gasteiger partial charge in [0, 0.05) is 11.3 Å². The summed E-state index contributed by atoms with van der Waals surface area (Å²) in [6, 6.07) is 11.2. The van der Waals surface area contributed by atoms with Crippen molar-refractivity contribution in [1.29, 1.82) is 5.41 Å². The van der Waals surface area contributed by atoms with E-state index in [1.54, 1.807) is 42.5 Å². The molecule has 0 saturated heterocycles. The summed E-state index contributed by atoms with van der Waals surface area (Å²) >= 11 is 0. The van der Waals surface area contributed by atoms with Gasteiger partial charge in [-0.25, -0.2) is 4.79 Å². The monoisotopic (exact) mass is 437 g/mol. The van der Waals surface area contributed by atoms with Crippen molar-refractivity contribution in [2.45, 2.75) is 26.0 Å². The Balaban J connectivity index is 0.00000450. The highest BCUT2D eigenvalue weighted by atomic mass is 35.5. The van der Waals surface area contributed by atoms with Crippen LogP contribution < -0.4 is 20.5 Å². The average molecular weight is 438 g/mol. The zero-order chi connectivity index (χ0) is 21.4. The second-order valence-electron chi connectivity index (χ2n) is 6.54. The molecule has 0 aliphatic heterocycles. The van der Waals surface area contributed by atoms with Crippen LogP contribution in [0.5, 0.6) is 11.5 Å². The van der Waals surface area contributed by atoms with E-state index in [0.29, 0.717) is 28.3 Å². The normalized spacial score (nSPS) is 11.2. The predicted molar refractivity (Wildman–Crippen MR) is 118 cm³/mol. The lowest BCUT2D eigenvalue weighted by Crippen LogP contribution is -2.22. The van der Waals surface area contributed by atoms with Crippen LogP contribution in [0.3, 0.4) is 0 Å². The fourth-order valence-electron chi connectivity index (χ4n) is 2.63. The molecule has 9 heteroatoms. The van der Waals surface area contributed by atoms with E-state index >= 15 is 0 Å². The minimum Gasteiger partial charge on any atom is -0.487 e. The molecule has 0 fully saturated rings. The number of rotatable bonds is 10. The molecule has 2 rings (SSSR count). The Hall–Kier alpha value is -2.97. The van der Waals surface area contributed by atoms with Gasteiger partial charge in [-0.15, -0.1) is 12.4 Å². The standard InChI is InChI=1S/C21H27N3O5.ClH/c1-13(2)29-17-9-6-15(12-18(17)28-11-10-25)19(21(26)27-3)24-16-7-4-14(5-8-16)20(22)23;/h4-9,12-13,19,24-25H,10-11H2,1-3H3,(H3,22,23);1H. The summed E-state index contributed by atoms with van der Waals surface area (Å²) < 4.78 is 16.3. The number of amidine groups is 1. The van der Waals surface area contributed by atoms with Gasteiger partial charge in [-0.05, 0) is 55.8 Å². The summed E-state index contributed by atoms with van der Waals surface area (Å²) in [5.41, 5.74) is 7.33. The van der Waals surface area contributed by atoms with Crippen molar-refractivity contribution < 1.29 is 24.1 Å². The topological polar surface area (TPSA) is 127 Å². The summed E-state index contributed by atoms with van der Waals surface area (Å²) in [7, 11) is 1.31. The third-order valence-corrected chi connectivity index (χ3v) is 3.96. The number of anilines is 1. The lowest BCUT2D eigenvalue weighted by atomic mass is 10.1. The fourth-order valence-corrected chi connectivity index (χ4v) is 2.63. The highest BCUT2D eigenvalue weighted by Gasteiger charge is 2.23. The number of hydrogen-bond acceptors (Lipinski definition) is 7. The van der Waals surface area contributed by atoms with Crippen LogP contribution in [0, 0.1) is 5.41 Å². The Labute approximate surface area is 182 Å². The van der Waals surface area contributed by atoms with Crippen LogP contribution in [0.1, 0.15) is 31.0 Å². The number of nitrogen functional groups attached to an aromatic ring is 1. The Morgan fingerprint density at radius 3 is 2.37 bits per heavy atom. The maximum absolute atomic E-state index is 12.4. The maximum atomic E-state index is 12.4. The van der Waals surface area contributed by atoms with Gasteiger partial charge in [-0.1, -0.05) is 6.07 Å². The molecule has 2 aromatic rings. The van der Waals surface area contributed by atoms with E-state index in [0.717, 1.165) is 0 Å². The van der Waals surface area contributed by atoms with Crippen molar-refractivity contribution in [3.63, 3.8) is 0 Å². The van der Waals surface area contributed by atoms with E-state index < -0.39 is 12.0 Å². The molecule has 1 unspecified atom stereocenters. The number of esters is 1. The molecule has 5 N–H and O–H groups in total. The maximum Gasteiger partial charge on any atom is 0.332 e. The van der Waals surface area contributed by atoms with Crippen molar-refractivity contribution >= 4 is 29.9 Å². The Kier molecular flexibility index (Phi) is 9.94. The van der Waals surface area contributed by atoms with Crippen LogP contribution in [0.4, 0.5) is 5.69 Å². The van der Waals surface area contributed by atoms with Gasteiger partial charge in [0.15, 0.2) is 17.5 Å². The molecule has 1 atom stereocenters. The first kappa shape index (κ1) is 25.1. The summed E-state index contributed by atoms with van der Waals surface area (Å²) in [6.45, 7) is 3.74. The molecule has 0 amide bonds. The highest BCUT2D eigenvalue weighted by Crippen LogP contribution is 2.33. The van der Waals surface area contributed by atoms with Crippen LogP contribution in [0.25, 0.3) is 0 Å². The molecule has 0 heterocycles. The SMILES string of the molecule is COC(=O)C(Nc1ccc(C(=N)N)cc1)c1ccc(OC(C)C)c(OCCO)c1.Cl. The van der Waals surface area contributed by atoms with E-state index in [9.17, 15) is 4.79 Å². The number of carbonyl (C=O) groups excluding carboxylic acids is 1. The number of ether oxygens (including phenoxy) is 3. The number of benzene rings is 2. The lowest BCUT2D eigenvalue weighted by Gasteiger charge is -2.21. The van der Waals surface area contributed by atoms with E-state index in [2.05, 4.69) is 5.32 Å². The quantitative estimate of drug-likeness (QED) is 0.255. The van der Waals surface area contributed by atoms with Crippen LogP contribution in [0.15, 0.2) is 42.5 Å². The van der Waals surface area contributed by atoms with Gasteiger partial charge in [0.05, 0.1) is 19.8 Å². The van der Waals surface area contributed by atoms with E-state index in [1.165, 1.54) is 7.11 Å². The molecule has 0 aliphatic carbocycles. The van der Waals surface area contributed by atoms with Crippen LogP contribution in [-0.2, 0) is 9.53 Å². The van der Waals surface area contributed by atoms with Gasteiger partial charge in [0.1, 0.15) is 12.4 Å². The number of nitrogens with one attached hydrogen (secondary N) is 2. The number of aliphatic hydroxyl groups is 1. The molecule has 0 aliphatic rings. The third-order valence-electron chi connectivity index (χ3n) is 3.96. The van der Waals surface area contributed by atoms with Gasteiger partial charge < -0.3 is 30.4 Å². The first-order valence-electron chi connectivity index (χ1n) is 9.18. The molecule has 0 spiro atoms. The molecular weight excluding hydrogens is 410 g/mol. The van der Waals surface area contributed by atoms with Gasteiger partial charge >= 0.3 is 5.97 Å². The Morgan fingerprint density at radius 1 is 1.17 bits per heavy atom. The summed E-state index contributed by atoms with van der Waals surface area (Å²) in [5.74, 6) is 0.429. The minimum absolute atomic E-state index is 0. The number of halogens is 1. The predicted octanol–water partition coefficient (Wildman–Crippen LogP) is 2.88. The largest absolute Gasteiger partial charge is 0.487 e. The highest BCUT2D eigenvalue weighted by molar-refractivity contribution is 5.95. The van der Waals surface area contributed by atoms with Crippen LogP contribution in [-0.4, -0.2) is 43.3 Å². The molecule has 30 heavy (non-hydrogen) atoms. The van der Waals surface area contributed by atoms with Crippen molar-refractivity contribution in [3.8, 4) is 11.5 Å². The van der Waals surface area contributed by atoms with Gasteiger partial charge in [0.25, 0.3) is 0 Å². The number of methoxy groups -OCH3 is 1. The third kappa shape index (κ3) is 6.82. The molecule has 0 aromatic heterocycles. The fraction of sp³-hybridized carbons (Fsp3) is 0.333. The number of aliphatic hydroxyl groups excluding tert-OH is 1. The second kappa shape index (κ2) is 11.9. The first-order valence-corrected chi connectivity index (χ1v) is 9.18. The van der Waals surface area contributed by atoms with Crippen molar-refractivity contribution in [2.75, 3.05) is 25.6 Å². The first-order chi connectivity index (χ1) is 13.8. The van der Waals surface area contributed by atoms with E-state index in [1.807, 2.05) is 13.8 Å². The van der Waals surface area contributed by atoms with Crippen molar-refractivity contribution in [1.82, 2.24) is 0 Å². The second-order valence-corrected chi connectivity index (χ2v) is 6.54. The average Bonchev–Trinajstić information content (AvgIpc) is 2.70. The molecule has 0 radical (unpaired) electrons. The molecule has 2 aromatic carbocycles. The summed E-state index contributed by atoms with van der Waals surface area (Å²) in [5, 5.41) is 19.7. The van der Waals surface area contributed by atoms with Gasteiger partial charge in [-0.2, -0.15) is 0 Å². The molecule has 0 saturated carbocycles. The summed E-state index contributed by atoms with van der Waals surface area (Å²) in [4.78, 5) is 12.4. The van der Waals surface area contributed by atoms with Gasteiger partial charge in [0.2, 0.25) is 0 Å². The number of nitrogens with two attached hydrogens (primary N) is 1. The lowest BCUT2D eigenvalue weighted by molar-refractivity contribution is -0.141. The molecular formula is C21H28ClN3O5. The van der Waals surface area contributed by atoms with Crippen LogP contribution >= 0.6 is 12.4 Å². The molecule has 8 nitrogen and oxygen atoms in total. The Morgan fingerprint density at radius 2 is 1.83 bits per heavy atom. The minimum atomic E-state index is -0.798. The smallest absolute Gasteiger partial charge is 0.332 e.